The summed E-state index contributed by atoms with van der Waals surface area (Å²) in [6, 6.07) is 16.7. The number of pyridine rings is 3. The molecule has 1 atom stereocenters. The van der Waals surface area contributed by atoms with Crippen LogP contribution in [0.3, 0.4) is 0 Å². The van der Waals surface area contributed by atoms with E-state index in [1.807, 2.05) is 66.1 Å². The summed E-state index contributed by atoms with van der Waals surface area (Å²) >= 11 is 0. The van der Waals surface area contributed by atoms with Crippen molar-refractivity contribution >= 4 is 65.5 Å². The fourth-order valence-corrected chi connectivity index (χ4v) is 8.68. The molecule has 14 heteroatoms. The van der Waals surface area contributed by atoms with Crippen molar-refractivity contribution in [3.8, 4) is 11.1 Å². The number of nitrogens with zero attached hydrogens (tertiary/aromatic N) is 7. The van der Waals surface area contributed by atoms with Gasteiger partial charge in [-0.25, -0.2) is 33.1 Å². The van der Waals surface area contributed by atoms with Gasteiger partial charge in [0.1, 0.15) is 22.7 Å². The number of aryl methyl sites for hydroxylation is 3. The predicted molar refractivity (Wildman–Crippen MR) is 207 cm³/mol. The summed E-state index contributed by atoms with van der Waals surface area (Å²) in [7, 11) is -3.86. The highest BCUT2D eigenvalue weighted by Gasteiger charge is 2.36. The number of nitrogen functional groups attached to an aromatic ring is 2. The zero-order valence-electron chi connectivity index (χ0n) is 29.8. The number of imidazole rings is 2. The first-order valence-electron chi connectivity index (χ1n) is 17.6. The number of rotatable bonds is 13. The average Bonchev–Trinajstić information content (AvgIpc) is 3.70. The highest BCUT2D eigenvalue weighted by molar-refractivity contribution is 7.89. The minimum atomic E-state index is -3.86. The van der Waals surface area contributed by atoms with E-state index in [0.29, 0.717) is 59.5 Å². The van der Waals surface area contributed by atoms with Crippen molar-refractivity contribution < 1.29 is 13.5 Å². The summed E-state index contributed by atoms with van der Waals surface area (Å²) in [4.78, 5) is 22.9. The second-order valence-electron chi connectivity index (χ2n) is 13.7. The van der Waals surface area contributed by atoms with Gasteiger partial charge in [0, 0.05) is 49.1 Å². The Morgan fingerprint density at radius 1 is 0.808 bits per heavy atom. The van der Waals surface area contributed by atoms with Crippen LogP contribution in [0, 0.1) is 0 Å². The molecule has 1 unspecified atom stereocenters. The molecule has 5 heterocycles. The molecule has 5 aromatic heterocycles. The first kappa shape index (κ1) is 35.2. The zero-order valence-corrected chi connectivity index (χ0v) is 30.7. The van der Waals surface area contributed by atoms with E-state index >= 15 is 0 Å². The molecular weight excluding hydrogens is 677 g/mol. The zero-order chi connectivity index (χ0) is 36.8. The highest BCUT2D eigenvalue weighted by Crippen LogP contribution is 2.37. The summed E-state index contributed by atoms with van der Waals surface area (Å²) in [5.74, 6) is 1.79. The maximum atomic E-state index is 13.8. The van der Waals surface area contributed by atoms with E-state index in [9.17, 15) is 13.5 Å². The van der Waals surface area contributed by atoms with Gasteiger partial charge in [-0.15, -0.1) is 0 Å². The van der Waals surface area contributed by atoms with Gasteiger partial charge in [-0.05, 0) is 62.1 Å². The largest absolute Gasteiger partial charge is 0.388 e. The Kier molecular flexibility index (Phi) is 9.32. The van der Waals surface area contributed by atoms with Gasteiger partial charge in [0.2, 0.25) is 10.0 Å². The van der Waals surface area contributed by atoms with Crippen LogP contribution in [0.5, 0.6) is 0 Å². The number of fused-ring (bicyclic) bond motifs is 6. The number of anilines is 2. The van der Waals surface area contributed by atoms with E-state index in [-0.39, 0.29) is 18.1 Å². The van der Waals surface area contributed by atoms with Gasteiger partial charge in [-0.3, -0.25) is 4.98 Å². The maximum absolute atomic E-state index is 13.8. The third kappa shape index (κ3) is 6.53. The molecule has 0 saturated heterocycles. The fraction of sp³-hybridized carbons (Fsp3) is 0.342. The molecule has 7 rings (SSSR count). The number of sulfonamides is 1. The molecule has 0 spiro atoms. The molecular formula is C38H44N10O3S. The molecule has 7 aromatic rings. The smallest absolute Gasteiger partial charge is 0.213 e. The van der Waals surface area contributed by atoms with E-state index in [1.54, 1.807) is 26.2 Å². The molecule has 0 aliphatic rings. The number of nitrogens with two attached hydrogens (primary N) is 2. The molecule has 0 aliphatic heterocycles. The number of benzene rings is 2. The van der Waals surface area contributed by atoms with Gasteiger partial charge in [0.15, 0.2) is 11.6 Å². The molecule has 13 nitrogen and oxygen atoms in total. The van der Waals surface area contributed by atoms with E-state index < -0.39 is 21.7 Å². The van der Waals surface area contributed by atoms with Crippen LogP contribution in [-0.2, 0) is 29.4 Å². The van der Waals surface area contributed by atoms with Gasteiger partial charge < -0.3 is 25.7 Å². The number of hydrogen-bond donors (Lipinski definition) is 4. The second kappa shape index (κ2) is 13.7. The van der Waals surface area contributed by atoms with Crippen LogP contribution < -0.4 is 16.2 Å². The van der Waals surface area contributed by atoms with E-state index in [0.717, 1.165) is 45.2 Å². The lowest BCUT2D eigenvalue weighted by Gasteiger charge is -2.32. The normalized spacial score (nSPS) is 13.2. The molecule has 270 valence electrons. The van der Waals surface area contributed by atoms with Gasteiger partial charge >= 0.3 is 0 Å². The first-order chi connectivity index (χ1) is 24.9. The molecule has 52 heavy (non-hydrogen) atoms. The minimum Gasteiger partial charge on any atom is -0.388 e. The molecule has 2 aromatic carbocycles. The number of hydrogen-bond acceptors (Lipinski definition) is 10. The lowest BCUT2D eigenvalue weighted by molar-refractivity contribution is 0.0322. The maximum Gasteiger partial charge on any atom is 0.213 e. The van der Waals surface area contributed by atoms with Gasteiger partial charge in [0.05, 0.1) is 39.5 Å². The molecule has 0 saturated carbocycles. The number of para-hydroxylation sites is 1. The summed E-state index contributed by atoms with van der Waals surface area (Å²) in [5.41, 5.74) is 17.5. The Hall–Kier alpha value is -5.18. The van der Waals surface area contributed by atoms with Crippen LogP contribution >= 0.6 is 0 Å². The first-order valence-corrected chi connectivity index (χ1v) is 19.3. The van der Waals surface area contributed by atoms with E-state index in [1.165, 1.54) is 0 Å². The van der Waals surface area contributed by atoms with Crippen molar-refractivity contribution in [2.24, 2.45) is 0 Å². The molecule has 0 fully saturated rings. The highest BCUT2D eigenvalue weighted by atomic mass is 32.2. The molecule has 6 N–H and O–H groups in total. The fourth-order valence-electron chi connectivity index (χ4n) is 7.13. The van der Waals surface area contributed by atoms with Crippen LogP contribution in [0.25, 0.3) is 55.0 Å². The summed E-state index contributed by atoms with van der Waals surface area (Å²) in [5, 5.41) is 13.3. The Bertz CT molecular complexity index is 2540. The van der Waals surface area contributed by atoms with Crippen molar-refractivity contribution in [3.63, 3.8) is 0 Å². The van der Waals surface area contributed by atoms with Crippen LogP contribution in [-0.4, -0.2) is 65.5 Å². The lowest BCUT2D eigenvalue weighted by Crippen LogP contribution is -2.42. The summed E-state index contributed by atoms with van der Waals surface area (Å²) in [6.45, 7) is 8.13. The third-order valence-corrected chi connectivity index (χ3v) is 11.1. The molecule has 0 radical (unpaired) electrons. The third-order valence-electron chi connectivity index (χ3n) is 9.69. The topological polar surface area (TPSA) is 193 Å². The van der Waals surface area contributed by atoms with Gasteiger partial charge in [0.25, 0.3) is 0 Å². The SMILES string of the molecule is CCc1nc2c(N)nc3ccccc3c2n1CCCCNS(=O)(=O)CC(n1c(CC)nc2c(N)nc3cc(-c4ccncc4)ccc3c21)C(C)(C)O. The predicted octanol–water partition coefficient (Wildman–Crippen LogP) is 5.55. The molecule has 0 aliphatic carbocycles. The Balaban J connectivity index is 1.14. The van der Waals surface area contributed by atoms with Crippen LogP contribution in [0.2, 0.25) is 0 Å². The standard InChI is InChI=1S/C38H44N10O3S/c1-5-30-45-32-34(25-11-7-8-12-27(25)43-36(32)39)47(30)20-10-9-17-42-52(50,51)22-29(38(3,4)49)48-31(6-2)46-33-35(48)26-14-13-24(21-28(26)44-37(33)40)23-15-18-41-19-16-23/h7-8,11-16,18-19,21,29,42,49H,5-6,9-10,17,20,22H2,1-4H3,(H2,39,43)(H2,40,44). The molecule has 0 amide bonds. The Labute approximate surface area is 302 Å². The minimum absolute atomic E-state index is 0.238. The summed E-state index contributed by atoms with van der Waals surface area (Å²) < 4.78 is 34.4. The van der Waals surface area contributed by atoms with Crippen LogP contribution in [0.4, 0.5) is 11.6 Å². The Morgan fingerprint density at radius 2 is 1.46 bits per heavy atom. The number of aromatic nitrogens is 7. The number of aliphatic hydroxyl groups is 1. The van der Waals surface area contributed by atoms with Gasteiger partial charge in [-0.2, -0.15) is 0 Å². The average molecular weight is 721 g/mol. The van der Waals surface area contributed by atoms with Gasteiger partial charge in [-0.1, -0.05) is 44.2 Å². The van der Waals surface area contributed by atoms with Crippen molar-refractivity contribution in [2.45, 2.75) is 71.6 Å². The van der Waals surface area contributed by atoms with E-state index in [2.05, 4.69) is 31.2 Å². The number of nitrogens with one attached hydrogen (secondary N) is 1. The summed E-state index contributed by atoms with van der Waals surface area (Å²) in [6.07, 6.45) is 5.97. The monoisotopic (exact) mass is 720 g/mol. The number of unbranched alkanes of at least 4 members (excludes halogenated alkanes) is 1. The van der Waals surface area contributed by atoms with Crippen molar-refractivity contribution in [1.29, 1.82) is 0 Å². The Morgan fingerprint density at radius 3 is 2.17 bits per heavy atom. The quantitative estimate of drug-likeness (QED) is 0.110. The molecule has 0 bridgehead atoms. The van der Waals surface area contributed by atoms with Crippen molar-refractivity contribution in [3.05, 3.63) is 78.6 Å². The van der Waals surface area contributed by atoms with Crippen molar-refractivity contribution in [2.75, 3.05) is 23.8 Å². The second-order valence-corrected chi connectivity index (χ2v) is 15.6. The van der Waals surface area contributed by atoms with Crippen LogP contribution in [0.1, 0.15) is 58.2 Å². The van der Waals surface area contributed by atoms with Crippen molar-refractivity contribution in [1.82, 2.24) is 38.8 Å². The lowest BCUT2D eigenvalue weighted by atomic mass is 9.99. The van der Waals surface area contributed by atoms with E-state index in [4.69, 9.17) is 21.4 Å². The van der Waals surface area contributed by atoms with Crippen LogP contribution in [0.15, 0.2) is 67.0 Å².